The van der Waals surface area contributed by atoms with E-state index >= 15 is 0 Å². The van der Waals surface area contributed by atoms with Crippen LogP contribution in [0.5, 0.6) is 5.75 Å². The van der Waals surface area contributed by atoms with Gasteiger partial charge in [0.25, 0.3) is 11.5 Å². The van der Waals surface area contributed by atoms with Crippen LogP contribution in [-0.4, -0.2) is 30.2 Å². The highest BCUT2D eigenvalue weighted by Gasteiger charge is 2.37. The standard InChI is InChI=1S/C32H26ClN3O5S/c1-4-41-31(39)25-18(2)34-32-36(27(25)20-11-15-22(40-3)16-12-20)30(38)28(42-32)26-23-7-5-6-8-24(23)35(29(26)37)17-19-9-13-21(33)14-10-19/h5-16,27H,4,17H2,1-3H3/b28-26-. The molecule has 0 spiro atoms. The zero-order chi connectivity index (χ0) is 29.5. The van der Waals surface area contributed by atoms with Crippen LogP contribution >= 0.6 is 22.9 Å². The molecule has 4 aromatic rings. The average Bonchev–Trinajstić information content (AvgIpc) is 3.45. The number of para-hydroxylation sites is 1. The molecule has 0 saturated heterocycles. The molecule has 1 amide bonds. The Morgan fingerprint density at radius 3 is 2.43 bits per heavy atom. The molecule has 10 heteroatoms. The minimum atomic E-state index is -0.794. The zero-order valence-electron chi connectivity index (χ0n) is 23.1. The van der Waals surface area contributed by atoms with Gasteiger partial charge in [-0.15, -0.1) is 0 Å². The van der Waals surface area contributed by atoms with E-state index in [1.807, 2.05) is 48.5 Å². The van der Waals surface area contributed by atoms with Gasteiger partial charge in [-0.2, -0.15) is 0 Å². The van der Waals surface area contributed by atoms with Crippen LogP contribution in [0, 0.1) is 0 Å². The summed E-state index contributed by atoms with van der Waals surface area (Å²) >= 11 is 7.21. The monoisotopic (exact) mass is 599 g/mol. The third-order valence-corrected chi connectivity index (χ3v) is 8.63. The molecule has 6 rings (SSSR count). The third kappa shape index (κ3) is 4.64. The van der Waals surface area contributed by atoms with E-state index in [4.69, 9.17) is 21.1 Å². The number of amides is 1. The lowest BCUT2D eigenvalue weighted by Gasteiger charge is -2.24. The summed E-state index contributed by atoms with van der Waals surface area (Å²) in [5.41, 5.74) is 3.61. The summed E-state index contributed by atoms with van der Waals surface area (Å²) in [4.78, 5) is 48.3. The fourth-order valence-corrected chi connectivity index (χ4v) is 6.64. The molecule has 2 aliphatic heterocycles. The van der Waals surface area contributed by atoms with Gasteiger partial charge in [0.05, 0.1) is 48.8 Å². The molecule has 0 aliphatic carbocycles. The number of nitrogens with zero attached hydrogens (tertiary/aromatic N) is 3. The number of anilines is 1. The Kier molecular flexibility index (Phi) is 7.30. The summed E-state index contributed by atoms with van der Waals surface area (Å²) in [6, 6.07) is 21.1. The first kappa shape index (κ1) is 27.7. The smallest absolute Gasteiger partial charge is 0.338 e. The topological polar surface area (TPSA) is 90.2 Å². The number of halogens is 1. The summed E-state index contributed by atoms with van der Waals surface area (Å²) in [6.07, 6.45) is 0. The number of fused-ring (bicyclic) bond motifs is 2. The van der Waals surface area contributed by atoms with Crippen molar-refractivity contribution in [1.82, 2.24) is 4.57 Å². The first-order valence-electron chi connectivity index (χ1n) is 13.3. The van der Waals surface area contributed by atoms with Crippen molar-refractivity contribution in [2.45, 2.75) is 26.4 Å². The van der Waals surface area contributed by atoms with Crippen molar-refractivity contribution < 1.29 is 19.1 Å². The van der Waals surface area contributed by atoms with Gasteiger partial charge in [-0.3, -0.25) is 14.2 Å². The number of hydrogen-bond donors (Lipinski definition) is 0. The minimum absolute atomic E-state index is 0.175. The number of hydrogen-bond acceptors (Lipinski definition) is 7. The Morgan fingerprint density at radius 1 is 1.02 bits per heavy atom. The predicted molar refractivity (Wildman–Crippen MR) is 161 cm³/mol. The molecule has 2 aliphatic rings. The predicted octanol–water partition coefficient (Wildman–Crippen LogP) is 4.38. The highest BCUT2D eigenvalue weighted by molar-refractivity contribution is 7.07. The van der Waals surface area contributed by atoms with Crippen molar-refractivity contribution >= 4 is 46.1 Å². The molecule has 1 aromatic heterocycles. The van der Waals surface area contributed by atoms with E-state index in [1.165, 1.54) is 4.57 Å². The number of carbonyl (C=O) groups excluding carboxylic acids is 2. The van der Waals surface area contributed by atoms with E-state index in [0.717, 1.165) is 16.9 Å². The van der Waals surface area contributed by atoms with Gasteiger partial charge >= 0.3 is 5.97 Å². The maximum Gasteiger partial charge on any atom is 0.338 e. The average molecular weight is 600 g/mol. The molecule has 0 saturated carbocycles. The molecule has 8 nitrogen and oxygen atoms in total. The molecule has 1 unspecified atom stereocenters. The van der Waals surface area contributed by atoms with Crippen LogP contribution < -0.4 is 24.5 Å². The van der Waals surface area contributed by atoms with E-state index < -0.39 is 17.6 Å². The number of carbonyl (C=O) groups is 2. The van der Waals surface area contributed by atoms with Crippen LogP contribution in [0.2, 0.25) is 5.02 Å². The molecule has 3 aromatic carbocycles. The van der Waals surface area contributed by atoms with Gasteiger partial charge in [0.1, 0.15) is 10.3 Å². The number of allylic oxidation sites excluding steroid dienone is 1. The summed E-state index contributed by atoms with van der Waals surface area (Å²) < 4.78 is 12.5. The van der Waals surface area contributed by atoms with Crippen molar-refractivity contribution in [2.75, 3.05) is 18.6 Å². The fourth-order valence-electron chi connectivity index (χ4n) is 5.37. The van der Waals surface area contributed by atoms with Crippen molar-refractivity contribution in [3.05, 3.63) is 125 Å². The number of ether oxygens (including phenoxy) is 2. The number of aromatic nitrogens is 1. The highest BCUT2D eigenvalue weighted by atomic mass is 35.5. The highest BCUT2D eigenvalue weighted by Crippen LogP contribution is 2.37. The van der Waals surface area contributed by atoms with Crippen LogP contribution in [0.4, 0.5) is 5.69 Å². The molecule has 212 valence electrons. The van der Waals surface area contributed by atoms with Gasteiger partial charge in [-0.25, -0.2) is 9.79 Å². The van der Waals surface area contributed by atoms with Crippen molar-refractivity contribution in [1.29, 1.82) is 0 Å². The maximum atomic E-state index is 14.3. The summed E-state index contributed by atoms with van der Waals surface area (Å²) in [6.45, 7) is 3.95. The normalized spacial score (nSPS) is 17.1. The lowest BCUT2D eigenvalue weighted by Crippen LogP contribution is -2.41. The molecular weight excluding hydrogens is 574 g/mol. The number of benzene rings is 3. The lowest BCUT2D eigenvalue weighted by atomic mass is 9.96. The van der Waals surface area contributed by atoms with Crippen LogP contribution in [0.1, 0.15) is 36.6 Å². The largest absolute Gasteiger partial charge is 0.497 e. The molecule has 42 heavy (non-hydrogen) atoms. The minimum Gasteiger partial charge on any atom is -0.497 e. The second kappa shape index (κ2) is 11.1. The first-order valence-corrected chi connectivity index (χ1v) is 14.5. The first-order chi connectivity index (χ1) is 20.3. The summed E-state index contributed by atoms with van der Waals surface area (Å²) in [5.74, 6) is -0.187. The van der Waals surface area contributed by atoms with Crippen LogP contribution in [0.3, 0.4) is 0 Å². The summed E-state index contributed by atoms with van der Waals surface area (Å²) in [7, 11) is 1.57. The van der Waals surface area contributed by atoms with Crippen LogP contribution in [0.25, 0.3) is 5.57 Å². The van der Waals surface area contributed by atoms with Gasteiger partial charge in [0.15, 0.2) is 4.80 Å². The number of thiazole rings is 1. The van der Waals surface area contributed by atoms with Crippen LogP contribution in [-0.2, 0) is 20.9 Å². The van der Waals surface area contributed by atoms with Crippen molar-refractivity contribution in [3.63, 3.8) is 0 Å². The van der Waals surface area contributed by atoms with Crippen molar-refractivity contribution in [3.8, 4) is 5.75 Å². The number of methoxy groups -OCH3 is 1. The van der Waals surface area contributed by atoms with E-state index in [2.05, 4.69) is 4.99 Å². The molecule has 0 fully saturated rings. The Hall–Kier alpha value is -4.47. The molecule has 3 heterocycles. The van der Waals surface area contributed by atoms with Crippen molar-refractivity contribution in [2.24, 2.45) is 4.99 Å². The second-order valence-corrected chi connectivity index (χ2v) is 11.2. The summed E-state index contributed by atoms with van der Waals surface area (Å²) in [5, 5.41) is 0.609. The van der Waals surface area contributed by atoms with Gasteiger partial charge in [0.2, 0.25) is 0 Å². The third-order valence-electron chi connectivity index (χ3n) is 7.33. The molecule has 0 bridgehead atoms. The fraction of sp³-hybridized carbons (Fsp3) is 0.188. The molecule has 0 N–H and O–H groups in total. The van der Waals surface area contributed by atoms with Gasteiger partial charge in [0, 0.05) is 10.6 Å². The van der Waals surface area contributed by atoms with Gasteiger partial charge in [-0.1, -0.05) is 65.4 Å². The SMILES string of the molecule is CCOC(=O)C1=C(C)N=c2s/c(=C3\C(=O)N(Cc4ccc(Cl)cc4)c4ccccc43)c(=O)n2C1c1ccc(OC)cc1. The van der Waals surface area contributed by atoms with E-state index in [0.29, 0.717) is 50.2 Å². The van der Waals surface area contributed by atoms with E-state index in [9.17, 15) is 14.4 Å². The maximum absolute atomic E-state index is 14.3. The Balaban J connectivity index is 1.56. The van der Waals surface area contributed by atoms with Gasteiger partial charge in [-0.05, 0) is 55.3 Å². The van der Waals surface area contributed by atoms with Gasteiger partial charge < -0.3 is 14.4 Å². The molecule has 0 radical (unpaired) electrons. The Labute approximate surface area is 250 Å². The Bertz CT molecular complexity index is 1940. The number of rotatable bonds is 6. The van der Waals surface area contributed by atoms with E-state index in [1.54, 1.807) is 50.1 Å². The molecule has 1 atom stereocenters. The van der Waals surface area contributed by atoms with Crippen LogP contribution in [0.15, 0.2) is 93.9 Å². The molecular formula is C32H26ClN3O5S. The Morgan fingerprint density at radius 2 is 1.74 bits per heavy atom. The zero-order valence-corrected chi connectivity index (χ0v) is 24.7. The van der Waals surface area contributed by atoms with E-state index in [-0.39, 0.29) is 22.6 Å². The second-order valence-electron chi connectivity index (χ2n) is 9.81. The quantitative estimate of drug-likeness (QED) is 0.307. The number of esters is 1. The lowest BCUT2D eigenvalue weighted by molar-refractivity contribution is -0.139.